The summed E-state index contributed by atoms with van der Waals surface area (Å²) < 4.78 is 5.62. The molecule has 28 heavy (non-hydrogen) atoms. The molecule has 0 bridgehead atoms. The van der Waals surface area contributed by atoms with Crippen LogP contribution in [0.25, 0.3) is 11.3 Å². The molecule has 1 aromatic heterocycles. The molecule has 1 heterocycles. The molecule has 3 aromatic rings. The second-order valence-corrected chi connectivity index (χ2v) is 6.61. The van der Waals surface area contributed by atoms with Crippen molar-refractivity contribution in [3.8, 4) is 11.3 Å². The standard InChI is InChI=1S/C20H15Cl2N3O3/c1-12-4-2-3-5-17(12)24-19(26)20(27)25-23-11-14-7-9-18(28-14)13-6-8-15(21)16(22)10-13/h2-11H,1H3,(H,24,26)(H,25,27)/b23-11+. The van der Waals surface area contributed by atoms with Crippen molar-refractivity contribution < 1.29 is 14.0 Å². The predicted octanol–water partition coefficient (Wildman–Crippen LogP) is 4.65. The Labute approximate surface area is 171 Å². The van der Waals surface area contributed by atoms with Crippen LogP contribution >= 0.6 is 23.2 Å². The van der Waals surface area contributed by atoms with Gasteiger partial charge in [0, 0.05) is 11.3 Å². The van der Waals surface area contributed by atoms with Crippen LogP contribution in [-0.4, -0.2) is 18.0 Å². The maximum atomic E-state index is 11.9. The lowest BCUT2D eigenvalue weighted by Crippen LogP contribution is -2.32. The second kappa shape index (κ2) is 8.73. The number of carbonyl (C=O) groups is 2. The fraction of sp³-hybridized carbons (Fsp3) is 0.0500. The summed E-state index contributed by atoms with van der Waals surface area (Å²) in [6.45, 7) is 1.83. The number of para-hydroxylation sites is 1. The summed E-state index contributed by atoms with van der Waals surface area (Å²) >= 11 is 11.9. The van der Waals surface area contributed by atoms with Crippen molar-refractivity contribution in [1.82, 2.24) is 5.43 Å². The number of nitrogens with one attached hydrogen (secondary N) is 2. The van der Waals surface area contributed by atoms with E-state index in [-0.39, 0.29) is 0 Å². The highest BCUT2D eigenvalue weighted by molar-refractivity contribution is 6.42. The molecule has 6 nitrogen and oxygen atoms in total. The van der Waals surface area contributed by atoms with Crippen LogP contribution in [0.15, 0.2) is 64.1 Å². The van der Waals surface area contributed by atoms with Gasteiger partial charge in [-0.3, -0.25) is 9.59 Å². The van der Waals surface area contributed by atoms with E-state index in [0.29, 0.717) is 27.3 Å². The van der Waals surface area contributed by atoms with E-state index in [1.54, 1.807) is 42.5 Å². The summed E-state index contributed by atoms with van der Waals surface area (Å²) in [7, 11) is 0. The molecule has 3 rings (SSSR count). The van der Waals surface area contributed by atoms with Gasteiger partial charge >= 0.3 is 11.8 Å². The number of anilines is 1. The van der Waals surface area contributed by atoms with Gasteiger partial charge in [0.05, 0.1) is 16.3 Å². The number of amides is 2. The van der Waals surface area contributed by atoms with Crippen molar-refractivity contribution in [2.24, 2.45) is 5.10 Å². The van der Waals surface area contributed by atoms with E-state index in [9.17, 15) is 9.59 Å². The van der Waals surface area contributed by atoms with Gasteiger partial charge in [0.25, 0.3) is 0 Å². The van der Waals surface area contributed by atoms with Crippen molar-refractivity contribution in [2.45, 2.75) is 6.92 Å². The summed E-state index contributed by atoms with van der Waals surface area (Å²) in [5, 5.41) is 7.13. The molecule has 0 aliphatic carbocycles. The van der Waals surface area contributed by atoms with Crippen LogP contribution in [0.4, 0.5) is 5.69 Å². The molecule has 0 aliphatic heterocycles. The van der Waals surface area contributed by atoms with Gasteiger partial charge in [-0.2, -0.15) is 5.10 Å². The summed E-state index contributed by atoms with van der Waals surface area (Å²) in [6, 6.07) is 15.7. The first kappa shape index (κ1) is 19.7. The largest absolute Gasteiger partial charge is 0.455 e. The quantitative estimate of drug-likeness (QED) is 0.369. The highest BCUT2D eigenvalue weighted by atomic mass is 35.5. The van der Waals surface area contributed by atoms with Crippen molar-refractivity contribution in [3.05, 3.63) is 76.0 Å². The Balaban J connectivity index is 1.59. The van der Waals surface area contributed by atoms with Crippen molar-refractivity contribution >= 4 is 46.9 Å². The Morgan fingerprint density at radius 3 is 2.54 bits per heavy atom. The van der Waals surface area contributed by atoms with E-state index in [0.717, 1.165) is 11.1 Å². The number of benzene rings is 2. The molecule has 8 heteroatoms. The molecule has 0 fully saturated rings. The van der Waals surface area contributed by atoms with Crippen LogP contribution in [0.2, 0.25) is 10.0 Å². The van der Waals surface area contributed by atoms with E-state index in [1.807, 2.05) is 19.1 Å². The van der Waals surface area contributed by atoms with Gasteiger partial charge in [0.15, 0.2) is 0 Å². The molecular weight excluding hydrogens is 401 g/mol. The van der Waals surface area contributed by atoms with Gasteiger partial charge in [-0.05, 0) is 48.9 Å². The summed E-state index contributed by atoms with van der Waals surface area (Å²) in [5.74, 6) is -0.762. The highest BCUT2D eigenvalue weighted by Crippen LogP contribution is 2.29. The monoisotopic (exact) mass is 415 g/mol. The molecule has 2 amide bonds. The van der Waals surface area contributed by atoms with Crippen LogP contribution in [-0.2, 0) is 9.59 Å². The maximum absolute atomic E-state index is 11.9. The number of hydrogen-bond donors (Lipinski definition) is 2. The first-order chi connectivity index (χ1) is 13.4. The average molecular weight is 416 g/mol. The Morgan fingerprint density at radius 2 is 1.79 bits per heavy atom. The molecule has 0 aliphatic rings. The first-order valence-electron chi connectivity index (χ1n) is 8.19. The molecular formula is C20H15Cl2N3O3. The Morgan fingerprint density at radius 1 is 1.00 bits per heavy atom. The number of nitrogens with zero attached hydrogens (tertiary/aromatic N) is 1. The second-order valence-electron chi connectivity index (χ2n) is 5.80. The summed E-state index contributed by atoms with van der Waals surface area (Å²) in [6.07, 6.45) is 1.29. The number of rotatable bonds is 4. The molecule has 142 valence electrons. The highest BCUT2D eigenvalue weighted by Gasteiger charge is 2.13. The Bertz CT molecular complexity index is 1060. The molecule has 0 radical (unpaired) electrons. The van der Waals surface area contributed by atoms with E-state index in [1.165, 1.54) is 6.21 Å². The minimum atomic E-state index is -0.893. The predicted molar refractivity (Wildman–Crippen MR) is 110 cm³/mol. The van der Waals surface area contributed by atoms with Gasteiger partial charge in [-0.15, -0.1) is 0 Å². The van der Waals surface area contributed by atoms with Crippen molar-refractivity contribution in [3.63, 3.8) is 0 Å². The lowest BCUT2D eigenvalue weighted by atomic mass is 10.2. The third kappa shape index (κ3) is 4.79. The SMILES string of the molecule is Cc1ccccc1NC(=O)C(=O)N/N=C/c1ccc(-c2ccc(Cl)c(Cl)c2)o1. The van der Waals surface area contributed by atoms with Crippen molar-refractivity contribution in [2.75, 3.05) is 5.32 Å². The Kier molecular flexibility index (Phi) is 6.13. The summed E-state index contributed by atoms with van der Waals surface area (Å²) in [4.78, 5) is 23.8. The minimum Gasteiger partial charge on any atom is -0.455 e. The minimum absolute atomic E-state index is 0.390. The molecule has 0 spiro atoms. The molecule has 2 N–H and O–H groups in total. The topological polar surface area (TPSA) is 83.7 Å². The molecule has 0 saturated carbocycles. The van der Waals surface area contributed by atoms with E-state index >= 15 is 0 Å². The fourth-order valence-corrected chi connectivity index (χ4v) is 2.62. The van der Waals surface area contributed by atoms with Crippen LogP contribution in [0.5, 0.6) is 0 Å². The zero-order valence-corrected chi connectivity index (χ0v) is 16.2. The Hall–Kier alpha value is -3.09. The number of halogens is 2. The third-order valence-corrected chi connectivity index (χ3v) is 4.53. The van der Waals surface area contributed by atoms with Gasteiger partial charge < -0.3 is 9.73 Å². The number of hydrazone groups is 1. The van der Waals surface area contributed by atoms with Gasteiger partial charge in [-0.25, -0.2) is 5.43 Å². The maximum Gasteiger partial charge on any atom is 0.329 e. The smallest absolute Gasteiger partial charge is 0.329 e. The van der Waals surface area contributed by atoms with Crippen LogP contribution < -0.4 is 10.7 Å². The number of hydrogen-bond acceptors (Lipinski definition) is 4. The van der Waals surface area contributed by atoms with Gasteiger partial charge in [0.2, 0.25) is 0 Å². The van der Waals surface area contributed by atoms with Crippen molar-refractivity contribution in [1.29, 1.82) is 0 Å². The van der Waals surface area contributed by atoms with Crippen LogP contribution in [0.3, 0.4) is 0 Å². The first-order valence-corrected chi connectivity index (χ1v) is 8.95. The zero-order valence-electron chi connectivity index (χ0n) is 14.7. The van der Waals surface area contributed by atoms with Crippen LogP contribution in [0.1, 0.15) is 11.3 Å². The molecule has 2 aromatic carbocycles. The van der Waals surface area contributed by atoms with E-state index < -0.39 is 11.8 Å². The number of carbonyl (C=O) groups excluding carboxylic acids is 2. The number of aryl methyl sites for hydroxylation is 1. The van der Waals surface area contributed by atoms with Gasteiger partial charge in [-0.1, -0.05) is 41.4 Å². The lowest BCUT2D eigenvalue weighted by Gasteiger charge is -2.06. The number of furan rings is 1. The molecule has 0 atom stereocenters. The van der Waals surface area contributed by atoms with Crippen LogP contribution in [0, 0.1) is 6.92 Å². The van der Waals surface area contributed by atoms with Gasteiger partial charge in [0.1, 0.15) is 11.5 Å². The third-order valence-electron chi connectivity index (χ3n) is 3.79. The van der Waals surface area contributed by atoms with E-state index in [2.05, 4.69) is 15.8 Å². The normalized spacial score (nSPS) is 10.8. The average Bonchev–Trinajstić information content (AvgIpc) is 3.14. The molecule has 0 unspecified atom stereocenters. The summed E-state index contributed by atoms with van der Waals surface area (Å²) in [5.41, 5.74) is 4.31. The molecule has 0 saturated heterocycles. The zero-order chi connectivity index (χ0) is 20.1. The fourth-order valence-electron chi connectivity index (χ4n) is 2.32. The lowest BCUT2D eigenvalue weighted by molar-refractivity contribution is -0.136. The van der Waals surface area contributed by atoms with E-state index in [4.69, 9.17) is 27.6 Å².